The third-order valence-corrected chi connectivity index (χ3v) is 2.96. The molecule has 0 aromatic rings. The topological polar surface area (TPSA) is 41.6 Å². The maximum absolute atomic E-state index is 11.6. The molecule has 1 rings (SSSR count). The minimum Gasteiger partial charge on any atom is -0.443 e. The number of nitrogens with zero attached hydrogens (tertiary/aromatic N) is 1. The largest absolute Gasteiger partial charge is 0.443 e. The number of piperidine rings is 1. The second-order valence-corrected chi connectivity index (χ2v) is 5.83. The summed E-state index contributed by atoms with van der Waals surface area (Å²) in [6.07, 6.45) is 4.56. The zero-order valence-electron chi connectivity index (χ0n) is 11.6. The first-order valence-corrected chi connectivity index (χ1v) is 6.65. The molecule has 0 spiro atoms. The van der Waals surface area contributed by atoms with Crippen molar-refractivity contribution in [1.82, 2.24) is 10.4 Å². The summed E-state index contributed by atoms with van der Waals surface area (Å²) < 4.78 is 5.22. The van der Waals surface area contributed by atoms with Crippen molar-refractivity contribution < 1.29 is 9.53 Å². The van der Waals surface area contributed by atoms with Gasteiger partial charge in [0.05, 0.1) is 0 Å². The Labute approximate surface area is 105 Å². The van der Waals surface area contributed by atoms with Crippen molar-refractivity contribution in [2.24, 2.45) is 5.92 Å². The maximum Gasteiger partial charge on any atom is 0.422 e. The second-order valence-electron chi connectivity index (χ2n) is 5.83. The molecule has 1 aliphatic rings. The highest BCUT2D eigenvalue weighted by Gasteiger charge is 2.22. The molecule has 4 heteroatoms. The van der Waals surface area contributed by atoms with Gasteiger partial charge < -0.3 is 4.74 Å². The van der Waals surface area contributed by atoms with E-state index in [9.17, 15) is 4.79 Å². The summed E-state index contributed by atoms with van der Waals surface area (Å²) in [6.45, 7) is 9.72. The van der Waals surface area contributed by atoms with Crippen LogP contribution < -0.4 is 5.43 Å². The fourth-order valence-electron chi connectivity index (χ4n) is 2.17. The number of hydrogen-bond acceptors (Lipinski definition) is 3. The number of carbonyl (C=O) groups excluding carboxylic acids is 1. The van der Waals surface area contributed by atoms with Crippen LogP contribution in [0.5, 0.6) is 0 Å². The molecule has 0 aromatic carbocycles. The molecule has 1 amide bonds. The Morgan fingerprint density at radius 1 is 1.35 bits per heavy atom. The Kier molecular flexibility index (Phi) is 5.25. The molecule has 0 unspecified atom stereocenters. The molecule has 0 radical (unpaired) electrons. The molecule has 0 aromatic heterocycles. The Morgan fingerprint density at radius 3 is 2.41 bits per heavy atom. The van der Waals surface area contributed by atoms with Crippen LogP contribution in [0, 0.1) is 5.92 Å². The number of carbonyl (C=O) groups is 1. The number of amides is 1. The molecule has 0 bridgehead atoms. The van der Waals surface area contributed by atoms with E-state index < -0.39 is 5.60 Å². The van der Waals surface area contributed by atoms with Gasteiger partial charge in [-0.1, -0.05) is 19.8 Å². The van der Waals surface area contributed by atoms with E-state index in [-0.39, 0.29) is 6.09 Å². The third kappa shape index (κ3) is 5.91. The number of ether oxygens (including phenoxy) is 1. The SMILES string of the molecule is CCCC1CCN(NC(=O)OC(C)(C)C)CC1. The lowest BCUT2D eigenvalue weighted by Crippen LogP contribution is -2.48. The Bertz CT molecular complexity index is 240. The lowest BCUT2D eigenvalue weighted by atomic mass is 9.93. The third-order valence-electron chi connectivity index (χ3n) is 2.96. The van der Waals surface area contributed by atoms with Crippen molar-refractivity contribution in [2.45, 2.75) is 59.0 Å². The van der Waals surface area contributed by atoms with Crippen LogP contribution in [0.25, 0.3) is 0 Å². The first kappa shape index (κ1) is 14.3. The van der Waals surface area contributed by atoms with Gasteiger partial charge in [-0.3, -0.25) is 5.43 Å². The van der Waals surface area contributed by atoms with E-state index in [1.165, 1.54) is 25.7 Å². The lowest BCUT2D eigenvalue weighted by Gasteiger charge is -2.32. The number of hydrazine groups is 1. The highest BCUT2D eigenvalue weighted by molar-refractivity contribution is 5.67. The van der Waals surface area contributed by atoms with E-state index in [0.29, 0.717) is 0 Å². The van der Waals surface area contributed by atoms with Gasteiger partial charge in [-0.25, -0.2) is 9.80 Å². The van der Waals surface area contributed by atoms with Gasteiger partial charge in [-0.2, -0.15) is 0 Å². The number of hydrogen-bond donors (Lipinski definition) is 1. The van der Waals surface area contributed by atoms with Crippen LogP contribution in [0.3, 0.4) is 0 Å². The summed E-state index contributed by atoms with van der Waals surface area (Å²) in [5, 5.41) is 1.97. The van der Waals surface area contributed by atoms with Crippen LogP contribution in [0.4, 0.5) is 4.79 Å². The van der Waals surface area contributed by atoms with E-state index in [2.05, 4.69) is 12.3 Å². The van der Waals surface area contributed by atoms with Crippen molar-refractivity contribution in [2.75, 3.05) is 13.1 Å². The van der Waals surface area contributed by atoms with Crippen LogP contribution in [0.2, 0.25) is 0 Å². The number of nitrogens with one attached hydrogen (secondary N) is 1. The van der Waals surface area contributed by atoms with Gasteiger partial charge in [0.2, 0.25) is 0 Å². The Balaban J connectivity index is 2.24. The van der Waals surface area contributed by atoms with E-state index in [1.54, 1.807) is 0 Å². The normalized spacial score (nSPS) is 19.1. The maximum atomic E-state index is 11.6. The van der Waals surface area contributed by atoms with Crippen LogP contribution in [-0.4, -0.2) is 29.8 Å². The Morgan fingerprint density at radius 2 is 1.94 bits per heavy atom. The minimum absolute atomic E-state index is 0.341. The summed E-state index contributed by atoms with van der Waals surface area (Å²) >= 11 is 0. The van der Waals surface area contributed by atoms with Gasteiger partial charge in [0, 0.05) is 13.1 Å². The molecule has 1 heterocycles. The molecule has 1 saturated heterocycles. The van der Waals surface area contributed by atoms with Gasteiger partial charge >= 0.3 is 6.09 Å². The van der Waals surface area contributed by atoms with E-state index in [4.69, 9.17) is 4.74 Å². The van der Waals surface area contributed by atoms with E-state index >= 15 is 0 Å². The van der Waals surface area contributed by atoms with Crippen molar-refractivity contribution in [1.29, 1.82) is 0 Å². The van der Waals surface area contributed by atoms with Gasteiger partial charge in [0.25, 0.3) is 0 Å². The van der Waals surface area contributed by atoms with Crippen molar-refractivity contribution in [3.05, 3.63) is 0 Å². The predicted molar refractivity (Wildman–Crippen MR) is 68.6 cm³/mol. The van der Waals surface area contributed by atoms with Crippen molar-refractivity contribution >= 4 is 6.09 Å². The average Bonchev–Trinajstić information content (AvgIpc) is 2.18. The minimum atomic E-state index is -0.426. The summed E-state index contributed by atoms with van der Waals surface area (Å²) in [4.78, 5) is 11.6. The number of rotatable bonds is 3. The highest BCUT2D eigenvalue weighted by Crippen LogP contribution is 2.20. The second kappa shape index (κ2) is 6.24. The van der Waals surface area contributed by atoms with Crippen LogP contribution in [0.1, 0.15) is 53.4 Å². The van der Waals surface area contributed by atoms with E-state index in [1.807, 2.05) is 25.8 Å². The first-order chi connectivity index (χ1) is 7.90. The summed E-state index contributed by atoms with van der Waals surface area (Å²) in [5.41, 5.74) is 2.38. The van der Waals surface area contributed by atoms with Gasteiger partial charge in [-0.05, 0) is 39.5 Å². The van der Waals surface area contributed by atoms with Gasteiger partial charge in [0.15, 0.2) is 0 Å². The van der Waals surface area contributed by atoms with Crippen molar-refractivity contribution in [3.8, 4) is 0 Å². The molecule has 1 aliphatic heterocycles. The fraction of sp³-hybridized carbons (Fsp3) is 0.923. The molecule has 100 valence electrons. The van der Waals surface area contributed by atoms with Crippen LogP contribution >= 0.6 is 0 Å². The smallest absolute Gasteiger partial charge is 0.422 e. The zero-order valence-corrected chi connectivity index (χ0v) is 11.6. The summed E-state index contributed by atoms with van der Waals surface area (Å²) in [6, 6.07) is 0. The standard InChI is InChI=1S/C13H26N2O2/c1-5-6-11-7-9-15(10-8-11)14-12(16)17-13(2,3)4/h11H,5-10H2,1-4H3,(H,14,16). The molecular formula is C13H26N2O2. The molecule has 4 nitrogen and oxygen atoms in total. The van der Waals surface area contributed by atoms with Crippen LogP contribution in [-0.2, 0) is 4.74 Å². The molecule has 1 N–H and O–H groups in total. The first-order valence-electron chi connectivity index (χ1n) is 6.65. The summed E-state index contributed by atoms with van der Waals surface area (Å²) in [7, 11) is 0. The lowest BCUT2D eigenvalue weighted by molar-refractivity contribution is 0.0261. The Hall–Kier alpha value is -0.770. The average molecular weight is 242 g/mol. The molecule has 0 aliphatic carbocycles. The van der Waals surface area contributed by atoms with E-state index in [0.717, 1.165) is 19.0 Å². The van der Waals surface area contributed by atoms with Crippen LogP contribution in [0.15, 0.2) is 0 Å². The predicted octanol–water partition coefficient (Wildman–Crippen LogP) is 2.94. The molecular weight excluding hydrogens is 216 g/mol. The quantitative estimate of drug-likeness (QED) is 0.827. The zero-order chi connectivity index (χ0) is 12.9. The van der Waals surface area contributed by atoms with Gasteiger partial charge in [-0.15, -0.1) is 0 Å². The molecule has 0 saturated carbocycles. The van der Waals surface area contributed by atoms with Gasteiger partial charge in [0.1, 0.15) is 5.60 Å². The summed E-state index contributed by atoms with van der Waals surface area (Å²) in [5.74, 6) is 0.830. The van der Waals surface area contributed by atoms with Crippen molar-refractivity contribution in [3.63, 3.8) is 0 Å². The molecule has 0 atom stereocenters. The fourth-order valence-corrected chi connectivity index (χ4v) is 2.17. The monoisotopic (exact) mass is 242 g/mol. The highest BCUT2D eigenvalue weighted by atomic mass is 16.6. The molecule has 17 heavy (non-hydrogen) atoms. The molecule has 1 fully saturated rings.